The van der Waals surface area contributed by atoms with E-state index < -0.39 is 4.92 Å². The summed E-state index contributed by atoms with van der Waals surface area (Å²) in [6.45, 7) is 0.168. The minimum absolute atomic E-state index is 0.284. The maximum Gasteiger partial charge on any atom is 0.260 e. The fourth-order valence-corrected chi connectivity index (χ4v) is 1.22. The highest BCUT2D eigenvalue weighted by molar-refractivity contribution is 5.82. The van der Waals surface area contributed by atoms with Crippen LogP contribution >= 0.6 is 0 Å². The van der Waals surface area contributed by atoms with E-state index in [-0.39, 0.29) is 6.54 Å². The third-order valence-electron chi connectivity index (χ3n) is 1.99. The first kappa shape index (κ1) is 12.0. The molecule has 0 saturated carbocycles. The molecule has 0 aromatic carbocycles. The molecule has 16 heavy (non-hydrogen) atoms. The van der Waals surface area contributed by atoms with Crippen LogP contribution in [0.15, 0.2) is 23.6 Å². The molecule has 1 aromatic rings. The monoisotopic (exact) mass is 223 g/mol. The molecule has 0 N–H and O–H groups in total. The Morgan fingerprint density at radius 1 is 1.62 bits per heavy atom. The maximum absolute atomic E-state index is 10.4. The van der Waals surface area contributed by atoms with Gasteiger partial charge in [0.2, 0.25) is 0 Å². The lowest BCUT2D eigenvalue weighted by atomic mass is 10.4. The van der Waals surface area contributed by atoms with Gasteiger partial charge < -0.3 is 4.90 Å². The number of nitro groups is 1. The molecule has 0 aliphatic rings. The second kappa shape index (κ2) is 5.74. The van der Waals surface area contributed by atoms with E-state index in [2.05, 4.69) is 15.0 Å². The van der Waals surface area contributed by atoms with E-state index in [0.29, 0.717) is 12.4 Å². The van der Waals surface area contributed by atoms with E-state index in [4.69, 9.17) is 0 Å². The van der Waals surface area contributed by atoms with Crippen LogP contribution in [0.4, 0.5) is 0 Å². The van der Waals surface area contributed by atoms with Crippen LogP contribution in [0.3, 0.4) is 0 Å². The van der Waals surface area contributed by atoms with Gasteiger partial charge in [-0.05, 0) is 0 Å². The van der Waals surface area contributed by atoms with Crippen molar-refractivity contribution in [3.8, 4) is 0 Å². The van der Waals surface area contributed by atoms with Crippen molar-refractivity contribution in [3.63, 3.8) is 0 Å². The van der Waals surface area contributed by atoms with E-state index in [1.807, 2.05) is 0 Å². The highest BCUT2D eigenvalue weighted by Gasteiger charge is 2.12. The Balaban J connectivity index is 2.64. The van der Waals surface area contributed by atoms with Crippen LogP contribution in [0.1, 0.15) is 5.69 Å². The van der Waals surface area contributed by atoms with Crippen molar-refractivity contribution in [2.24, 2.45) is 4.99 Å². The number of aliphatic imine (C=N–C) groups is 1. The van der Waals surface area contributed by atoms with Gasteiger partial charge in [0.1, 0.15) is 0 Å². The molecule has 0 amide bonds. The van der Waals surface area contributed by atoms with Crippen LogP contribution < -0.4 is 0 Å². The molecule has 7 nitrogen and oxygen atoms in total. The van der Waals surface area contributed by atoms with Crippen molar-refractivity contribution >= 4 is 5.84 Å². The van der Waals surface area contributed by atoms with Crippen molar-refractivity contribution in [2.75, 3.05) is 20.6 Å². The summed E-state index contributed by atoms with van der Waals surface area (Å²) in [4.78, 5) is 23.6. The zero-order valence-corrected chi connectivity index (χ0v) is 9.20. The summed E-state index contributed by atoms with van der Waals surface area (Å²) in [7, 11) is 3.27. The van der Waals surface area contributed by atoms with Crippen LogP contribution in [-0.4, -0.2) is 46.3 Å². The van der Waals surface area contributed by atoms with Gasteiger partial charge in [0.25, 0.3) is 6.54 Å². The van der Waals surface area contributed by atoms with Crippen LogP contribution in [0.5, 0.6) is 0 Å². The van der Waals surface area contributed by atoms with Gasteiger partial charge in [-0.25, -0.2) is 0 Å². The molecule has 1 aromatic heterocycles. The van der Waals surface area contributed by atoms with Crippen molar-refractivity contribution in [2.45, 2.75) is 6.54 Å². The Morgan fingerprint density at radius 3 is 2.88 bits per heavy atom. The Morgan fingerprint density at radius 2 is 2.38 bits per heavy atom. The van der Waals surface area contributed by atoms with Gasteiger partial charge in [-0.15, -0.1) is 0 Å². The summed E-state index contributed by atoms with van der Waals surface area (Å²) in [5.41, 5.74) is 0.745. The number of hydrogen-bond acceptors (Lipinski definition) is 5. The standard InChI is InChI=1S/C9H13N5O2/c1-10-9(7-14(15)16)13(2)6-8-5-11-3-4-12-8/h3-5H,6-7H2,1-2H3. The second-order valence-electron chi connectivity index (χ2n) is 3.18. The lowest BCUT2D eigenvalue weighted by molar-refractivity contribution is -0.464. The first-order valence-electron chi connectivity index (χ1n) is 4.67. The molecule has 0 aliphatic carbocycles. The fraction of sp³-hybridized carbons (Fsp3) is 0.444. The largest absolute Gasteiger partial charge is 0.352 e. The van der Waals surface area contributed by atoms with Crippen LogP contribution in [-0.2, 0) is 6.54 Å². The Hall–Kier alpha value is -2.05. The molecule has 1 heterocycles. The fourth-order valence-electron chi connectivity index (χ4n) is 1.22. The van der Waals surface area contributed by atoms with E-state index in [1.54, 1.807) is 30.5 Å². The van der Waals surface area contributed by atoms with Gasteiger partial charge in [-0.1, -0.05) is 0 Å². The Bertz CT molecular complexity index is 379. The first-order chi connectivity index (χ1) is 7.63. The second-order valence-corrected chi connectivity index (χ2v) is 3.18. The summed E-state index contributed by atoms with van der Waals surface area (Å²) < 4.78 is 0. The first-order valence-corrected chi connectivity index (χ1v) is 4.67. The number of rotatable bonds is 4. The van der Waals surface area contributed by atoms with Gasteiger partial charge in [0.05, 0.1) is 18.4 Å². The summed E-state index contributed by atoms with van der Waals surface area (Å²) in [5.74, 6) is 0.413. The highest BCUT2D eigenvalue weighted by Crippen LogP contribution is 1.98. The van der Waals surface area contributed by atoms with Crippen LogP contribution in [0.25, 0.3) is 0 Å². The molecule has 0 saturated heterocycles. The van der Waals surface area contributed by atoms with Crippen LogP contribution in [0, 0.1) is 10.1 Å². The zero-order valence-electron chi connectivity index (χ0n) is 9.20. The number of amidine groups is 1. The summed E-state index contributed by atoms with van der Waals surface area (Å²) in [5, 5.41) is 10.4. The van der Waals surface area contributed by atoms with E-state index >= 15 is 0 Å². The maximum atomic E-state index is 10.4. The van der Waals surface area contributed by atoms with Crippen molar-refractivity contribution < 1.29 is 4.92 Å². The van der Waals surface area contributed by atoms with Gasteiger partial charge in [0, 0.05) is 31.4 Å². The molecule has 0 bridgehead atoms. The molecule has 0 radical (unpaired) electrons. The number of nitrogens with zero attached hydrogens (tertiary/aromatic N) is 5. The average Bonchev–Trinajstić information content (AvgIpc) is 2.26. The molecule has 0 atom stereocenters. The van der Waals surface area contributed by atoms with E-state index in [9.17, 15) is 10.1 Å². The number of hydrogen-bond donors (Lipinski definition) is 0. The molecule has 0 spiro atoms. The Labute approximate surface area is 93.0 Å². The SMILES string of the molecule is CN=C(C[N+](=O)[O-])N(C)Cc1cnccn1. The minimum Gasteiger partial charge on any atom is -0.352 e. The average molecular weight is 223 g/mol. The van der Waals surface area contributed by atoms with Crippen molar-refractivity contribution in [1.82, 2.24) is 14.9 Å². The number of likely N-dealkylation sites (N-methyl/N-ethyl adjacent to an activating group) is 1. The smallest absolute Gasteiger partial charge is 0.260 e. The summed E-state index contributed by atoms with van der Waals surface area (Å²) >= 11 is 0. The predicted octanol–water partition coefficient (Wildman–Crippen LogP) is 0.213. The van der Waals surface area contributed by atoms with Gasteiger partial charge in [-0.2, -0.15) is 0 Å². The van der Waals surface area contributed by atoms with E-state index in [1.165, 1.54) is 7.05 Å². The molecular weight excluding hydrogens is 210 g/mol. The van der Waals surface area contributed by atoms with Crippen molar-refractivity contribution in [1.29, 1.82) is 0 Å². The minimum atomic E-state index is -0.407. The molecular formula is C9H13N5O2. The summed E-state index contributed by atoms with van der Waals surface area (Å²) in [6.07, 6.45) is 4.78. The van der Waals surface area contributed by atoms with E-state index in [0.717, 1.165) is 5.69 Å². The van der Waals surface area contributed by atoms with Gasteiger partial charge >= 0.3 is 0 Å². The van der Waals surface area contributed by atoms with Gasteiger partial charge in [0.15, 0.2) is 5.84 Å². The predicted molar refractivity (Wildman–Crippen MR) is 58.7 cm³/mol. The quantitative estimate of drug-likeness (QED) is 0.315. The summed E-state index contributed by atoms with van der Waals surface area (Å²) in [6, 6.07) is 0. The third kappa shape index (κ3) is 3.60. The molecule has 86 valence electrons. The zero-order chi connectivity index (χ0) is 12.0. The third-order valence-corrected chi connectivity index (χ3v) is 1.99. The van der Waals surface area contributed by atoms with Gasteiger partial charge in [-0.3, -0.25) is 25.1 Å². The number of aromatic nitrogens is 2. The lowest BCUT2D eigenvalue weighted by Gasteiger charge is -2.17. The molecule has 7 heteroatoms. The van der Waals surface area contributed by atoms with Crippen molar-refractivity contribution in [3.05, 3.63) is 34.4 Å². The lowest BCUT2D eigenvalue weighted by Crippen LogP contribution is -2.32. The highest BCUT2D eigenvalue weighted by atomic mass is 16.6. The molecule has 0 aliphatic heterocycles. The normalized spacial score (nSPS) is 11.2. The Kier molecular flexibility index (Phi) is 4.31. The molecule has 0 unspecified atom stereocenters. The topological polar surface area (TPSA) is 84.5 Å². The van der Waals surface area contributed by atoms with Crippen LogP contribution in [0.2, 0.25) is 0 Å². The molecule has 0 fully saturated rings. The molecule has 1 rings (SSSR count).